The number of aryl methyl sites for hydroxylation is 2. The van der Waals surface area contributed by atoms with Crippen LogP contribution in [0.25, 0.3) is 11.3 Å². The number of carbonyl (C=O) groups excluding carboxylic acids is 1. The second kappa shape index (κ2) is 8.64. The summed E-state index contributed by atoms with van der Waals surface area (Å²) < 4.78 is 43.5. The molecule has 3 aromatic rings. The topological polar surface area (TPSA) is 60.9 Å². The Morgan fingerprint density at radius 2 is 2.10 bits per heavy atom. The molecule has 4 rings (SSSR count). The summed E-state index contributed by atoms with van der Waals surface area (Å²) in [5, 5.41) is 4.38. The summed E-state index contributed by atoms with van der Waals surface area (Å²) >= 11 is 5.00. The maximum absolute atomic E-state index is 14.0. The lowest BCUT2D eigenvalue weighted by Gasteiger charge is -2.14. The van der Waals surface area contributed by atoms with Crippen molar-refractivity contribution in [2.24, 2.45) is 11.7 Å². The van der Waals surface area contributed by atoms with Crippen LogP contribution in [0.2, 0.25) is 0 Å². The van der Waals surface area contributed by atoms with Crippen LogP contribution in [0, 0.1) is 23.4 Å². The smallest absolute Gasteiger partial charge is 0.194 e. The van der Waals surface area contributed by atoms with Crippen molar-refractivity contribution in [3.63, 3.8) is 0 Å². The third kappa shape index (κ3) is 3.98. The number of hydrogen-bond acceptors (Lipinski definition) is 4. The molecule has 1 atom stereocenters. The minimum atomic E-state index is -1.50. The van der Waals surface area contributed by atoms with E-state index in [1.807, 2.05) is 10.7 Å². The molecule has 0 aliphatic carbocycles. The van der Waals surface area contributed by atoms with Crippen molar-refractivity contribution in [2.45, 2.75) is 32.2 Å². The quantitative estimate of drug-likeness (QED) is 0.379. The number of nitrogens with two attached hydrogens (primary N) is 1. The summed E-state index contributed by atoms with van der Waals surface area (Å²) in [6.45, 7) is 0.953. The van der Waals surface area contributed by atoms with Gasteiger partial charge in [0.05, 0.1) is 21.2 Å². The van der Waals surface area contributed by atoms with E-state index in [4.69, 9.17) is 5.73 Å². The van der Waals surface area contributed by atoms with Gasteiger partial charge >= 0.3 is 0 Å². The van der Waals surface area contributed by atoms with Crippen LogP contribution in [-0.2, 0) is 19.4 Å². The van der Waals surface area contributed by atoms with Crippen molar-refractivity contribution in [1.82, 2.24) is 9.78 Å². The Labute approximate surface area is 184 Å². The molecule has 1 aliphatic rings. The SMILES string of the molecule is NCC(CC(=O)c1cc2c(s1)CCCn1ncc(Br)c1-2)Cc1ccc(F)c(F)c1F. The van der Waals surface area contributed by atoms with Gasteiger partial charge in [-0.2, -0.15) is 5.10 Å². The maximum atomic E-state index is 14.0. The van der Waals surface area contributed by atoms with E-state index in [1.54, 1.807) is 6.20 Å². The number of ketones is 1. The number of fused-ring (bicyclic) bond motifs is 3. The van der Waals surface area contributed by atoms with Gasteiger partial charge in [0.25, 0.3) is 0 Å². The van der Waals surface area contributed by atoms with Gasteiger partial charge in [0.15, 0.2) is 23.2 Å². The van der Waals surface area contributed by atoms with E-state index < -0.39 is 17.5 Å². The van der Waals surface area contributed by atoms with Crippen molar-refractivity contribution in [3.8, 4) is 11.3 Å². The fraction of sp³-hybridized carbons (Fsp3) is 0.333. The third-order valence-corrected chi connectivity index (χ3v) is 7.15. The zero-order chi connectivity index (χ0) is 21.4. The van der Waals surface area contributed by atoms with Gasteiger partial charge in [0.1, 0.15) is 0 Å². The molecule has 1 unspecified atom stereocenters. The lowest BCUT2D eigenvalue weighted by molar-refractivity contribution is 0.0966. The van der Waals surface area contributed by atoms with Crippen molar-refractivity contribution >= 4 is 33.0 Å². The minimum absolute atomic E-state index is 0.0203. The lowest BCUT2D eigenvalue weighted by Crippen LogP contribution is -2.21. The Kier molecular flexibility index (Phi) is 6.13. The Hall–Kier alpha value is -1.97. The van der Waals surface area contributed by atoms with E-state index in [1.165, 1.54) is 17.4 Å². The Morgan fingerprint density at radius 1 is 1.30 bits per heavy atom. The molecule has 0 spiro atoms. The van der Waals surface area contributed by atoms with Gasteiger partial charge in [0, 0.05) is 23.4 Å². The van der Waals surface area contributed by atoms with Gasteiger partial charge in [-0.25, -0.2) is 13.2 Å². The average Bonchev–Trinajstić information content (AvgIpc) is 3.26. The van der Waals surface area contributed by atoms with Gasteiger partial charge in [0.2, 0.25) is 0 Å². The van der Waals surface area contributed by atoms with Crippen LogP contribution in [0.4, 0.5) is 13.2 Å². The van der Waals surface area contributed by atoms with Gasteiger partial charge in [-0.05, 0) is 65.4 Å². The van der Waals surface area contributed by atoms with Crippen LogP contribution in [0.3, 0.4) is 0 Å². The summed E-state index contributed by atoms with van der Waals surface area (Å²) in [6.07, 6.45) is 3.72. The van der Waals surface area contributed by atoms with E-state index >= 15 is 0 Å². The molecule has 158 valence electrons. The molecule has 1 aliphatic heterocycles. The highest BCUT2D eigenvalue weighted by molar-refractivity contribution is 9.10. The Morgan fingerprint density at radius 3 is 2.87 bits per heavy atom. The molecule has 0 saturated heterocycles. The van der Waals surface area contributed by atoms with E-state index in [0.717, 1.165) is 46.1 Å². The fourth-order valence-corrected chi connectivity index (χ4v) is 5.44. The largest absolute Gasteiger partial charge is 0.330 e. The first-order valence-corrected chi connectivity index (χ1v) is 11.2. The second-order valence-corrected chi connectivity index (χ2v) is 9.37. The monoisotopic (exact) mass is 497 g/mol. The molecule has 0 saturated carbocycles. The van der Waals surface area contributed by atoms with E-state index in [0.29, 0.717) is 4.88 Å². The molecule has 0 bridgehead atoms. The van der Waals surface area contributed by atoms with Gasteiger partial charge in [-0.1, -0.05) is 6.07 Å². The first-order chi connectivity index (χ1) is 14.4. The van der Waals surface area contributed by atoms with Crippen LogP contribution in [-0.4, -0.2) is 22.1 Å². The van der Waals surface area contributed by atoms with E-state index in [9.17, 15) is 18.0 Å². The van der Waals surface area contributed by atoms with Gasteiger partial charge in [-0.3, -0.25) is 9.48 Å². The normalized spacial score (nSPS) is 14.2. The molecule has 4 nitrogen and oxygen atoms in total. The Bertz CT molecular complexity index is 1110. The highest BCUT2D eigenvalue weighted by Crippen LogP contribution is 2.39. The number of nitrogens with zero attached hydrogens (tertiary/aromatic N) is 2. The molecule has 0 radical (unpaired) electrons. The predicted octanol–water partition coefficient (Wildman–Crippen LogP) is 5.13. The fourth-order valence-electron chi connectivity index (χ4n) is 3.78. The Balaban J connectivity index is 1.55. The number of thiophene rings is 1. The van der Waals surface area contributed by atoms with Crippen LogP contribution >= 0.6 is 27.3 Å². The number of hydrogen-bond donors (Lipinski definition) is 1. The molecular formula is C21H19BrF3N3OS. The summed E-state index contributed by atoms with van der Waals surface area (Å²) in [5.41, 5.74) is 7.79. The molecule has 2 aromatic heterocycles. The van der Waals surface area contributed by atoms with Crippen molar-refractivity contribution in [2.75, 3.05) is 6.54 Å². The van der Waals surface area contributed by atoms with Crippen LogP contribution < -0.4 is 5.73 Å². The van der Waals surface area contributed by atoms with E-state index in [-0.39, 0.29) is 36.7 Å². The van der Waals surface area contributed by atoms with Gasteiger partial charge < -0.3 is 5.73 Å². The summed E-state index contributed by atoms with van der Waals surface area (Å²) in [4.78, 5) is 14.7. The number of benzene rings is 1. The highest BCUT2D eigenvalue weighted by atomic mass is 79.9. The second-order valence-electron chi connectivity index (χ2n) is 7.38. The highest BCUT2D eigenvalue weighted by Gasteiger charge is 2.25. The molecule has 0 fully saturated rings. The molecule has 2 N–H and O–H groups in total. The third-order valence-electron chi connectivity index (χ3n) is 5.34. The van der Waals surface area contributed by atoms with Crippen molar-refractivity contribution in [1.29, 1.82) is 0 Å². The molecule has 3 heterocycles. The van der Waals surface area contributed by atoms with E-state index in [2.05, 4.69) is 21.0 Å². The van der Waals surface area contributed by atoms with Crippen LogP contribution in [0.15, 0.2) is 28.9 Å². The number of halogens is 4. The number of Topliss-reactive ketones (excluding diaryl/α,β-unsaturated/α-hetero) is 1. The molecular weight excluding hydrogens is 479 g/mol. The molecule has 1 aromatic carbocycles. The minimum Gasteiger partial charge on any atom is -0.330 e. The van der Waals surface area contributed by atoms with Crippen molar-refractivity contribution < 1.29 is 18.0 Å². The number of rotatable bonds is 6. The van der Waals surface area contributed by atoms with Gasteiger partial charge in [-0.15, -0.1) is 11.3 Å². The van der Waals surface area contributed by atoms with Crippen LogP contribution in [0.1, 0.15) is 33.0 Å². The average molecular weight is 498 g/mol. The first kappa shape index (κ1) is 21.3. The standard InChI is InChI=1S/C21H19BrF3N3OS/c22-14-10-27-28-5-1-2-17-13(21(14)28)8-18(30-17)16(29)7-11(9-26)6-12-3-4-15(23)20(25)19(12)24/h3-4,8,10-11H,1-2,5-7,9,26H2. The first-order valence-electron chi connectivity index (χ1n) is 9.59. The zero-order valence-electron chi connectivity index (χ0n) is 15.9. The predicted molar refractivity (Wildman–Crippen MR) is 113 cm³/mol. The lowest BCUT2D eigenvalue weighted by atomic mass is 9.93. The summed E-state index contributed by atoms with van der Waals surface area (Å²) in [7, 11) is 0. The molecule has 9 heteroatoms. The summed E-state index contributed by atoms with van der Waals surface area (Å²) in [6, 6.07) is 3.98. The zero-order valence-corrected chi connectivity index (χ0v) is 18.3. The summed E-state index contributed by atoms with van der Waals surface area (Å²) in [5.74, 6) is -4.42. The van der Waals surface area contributed by atoms with Crippen LogP contribution in [0.5, 0.6) is 0 Å². The van der Waals surface area contributed by atoms with Crippen molar-refractivity contribution in [3.05, 3.63) is 61.6 Å². The molecule has 0 amide bonds. The molecule has 30 heavy (non-hydrogen) atoms. The number of carbonyl (C=O) groups is 1. The number of aromatic nitrogens is 2. The maximum Gasteiger partial charge on any atom is 0.194 e.